The van der Waals surface area contributed by atoms with E-state index in [1.807, 2.05) is 31.2 Å². The van der Waals surface area contributed by atoms with Crippen LogP contribution in [0.25, 0.3) is 10.9 Å². The summed E-state index contributed by atoms with van der Waals surface area (Å²) in [5.74, 6) is 0.362. The molecule has 0 saturated carbocycles. The number of anilines is 2. The van der Waals surface area contributed by atoms with Crippen LogP contribution in [0.4, 0.5) is 11.5 Å². The number of H-pyrrole nitrogens is 2. The lowest BCUT2D eigenvalue weighted by Crippen LogP contribution is -2.41. The van der Waals surface area contributed by atoms with Gasteiger partial charge in [0.15, 0.2) is 5.78 Å². The Morgan fingerprint density at radius 1 is 1.23 bits per heavy atom. The van der Waals surface area contributed by atoms with Crippen molar-refractivity contribution in [2.75, 3.05) is 23.7 Å². The quantitative estimate of drug-likeness (QED) is 0.432. The molecule has 0 aliphatic heterocycles. The van der Waals surface area contributed by atoms with Gasteiger partial charge in [-0.05, 0) is 24.8 Å². The molecule has 31 heavy (non-hydrogen) atoms. The molecule has 3 rings (SSSR count). The molecule has 4 N–H and O–H groups in total. The van der Waals surface area contributed by atoms with E-state index in [0.717, 1.165) is 30.2 Å². The molecule has 166 valence electrons. The number of unbranched alkanes of at least 4 members (excludes halogenated alkanes) is 1. The number of nitrogens with two attached hydrogens (primary N) is 1. The maximum atomic E-state index is 13.2. The number of hydrogen-bond donors (Lipinski definition) is 3. The van der Waals surface area contributed by atoms with Crippen LogP contribution in [-0.2, 0) is 6.54 Å². The Balaban J connectivity index is 2.00. The van der Waals surface area contributed by atoms with Gasteiger partial charge in [0.1, 0.15) is 11.5 Å². The Hall–Kier alpha value is -3.29. The van der Waals surface area contributed by atoms with Crippen molar-refractivity contribution in [1.29, 1.82) is 0 Å². The molecule has 0 atom stereocenters. The summed E-state index contributed by atoms with van der Waals surface area (Å²) in [6, 6.07) is 7.59. The highest BCUT2D eigenvalue weighted by Gasteiger charge is 2.23. The monoisotopic (exact) mass is 425 g/mol. The average Bonchev–Trinajstić information content (AvgIpc) is 3.15. The second-order valence-corrected chi connectivity index (χ2v) is 8.27. The first-order chi connectivity index (χ1) is 14.8. The van der Waals surface area contributed by atoms with Crippen molar-refractivity contribution in [3.63, 3.8) is 0 Å². The van der Waals surface area contributed by atoms with E-state index in [2.05, 4.69) is 23.8 Å². The van der Waals surface area contributed by atoms with Crippen molar-refractivity contribution in [3.05, 3.63) is 56.9 Å². The number of aromatic nitrogens is 3. The fourth-order valence-corrected chi connectivity index (χ4v) is 3.67. The van der Waals surface area contributed by atoms with E-state index < -0.39 is 11.2 Å². The summed E-state index contributed by atoms with van der Waals surface area (Å²) in [4.78, 5) is 45.5. The number of Topliss-reactive ketones (excluding diaryl/α,β-unsaturated/α-hetero) is 1. The van der Waals surface area contributed by atoms with E-state index in [-0.39, 0.29) is 23.8 Å². The Morgan fingerprint density at radius 2 is 1.97 bits per heavy atom. The van der Waals surface area contributed by atoms with Crippen molar-refractivity contribution in [2.24, 2.45) is 5.92 Å². The van der Waals surface area contributed by atoms with Crippen LogP contribution < -0.4 is 21.9 Å². The van der Waals surface area contributed by atoms with Crippen LogP contribution in [-0.4, -0.2) is 33.4 Å². The summed E-state index contributed by atoms with van der Waals surface area (Å²) in [5, 5.41) is 0.839. The summed E-state index contributed by atoms with van der Waals surface area (Å²) in [6.07, 6.45) is 4.11. The molecule has 0 aliphatic carbocycles. The zero-order valence-corrected chi connectivity index (χ0v) is 18.4. The van der Waals surface area contributed by atoms with Gasteiger partial charge in [0.25, 0.3) is 5.56 Å². The lowest BCUT2D eigenvalue weighted by atomic mass is 10.1. The molecule has 0 unspecified atom stereocenters. The van der Waals surface area contributed by atoms with Crippen LogP contribution in [0.5, 0.6) is 0 Å². The predicted molar refractivity (Wildman–Crippen MR) is 125 cm³/mol. The van der Waals surface area contributed by atoms with Crippen molar-refractivity contribution < 1.29 is 4.79 Å². The third-order valence-corrected chi connectivity index (χ3v) is 5.47. The molecule has 2 aromatic heterocycles. The zero-order chi connectivity index (χ0) is 22.5. The number of para-hydroxylation sites is 1. The Morgan fingerprint density at radius 3 is 2.68 bits per heavy atom. The molecule has 3 aromatic rings. The second-order valence-electron chi connectivity index (χ2n) is 8.27. The van der Waals surface area contributed by atoms with E-state index in [4.69, 9.17) is 5.73 Å². The molecule has 0 bridgehead atoms. The van der Waals surface area contributed by atoms with Crippen molar-refractivity contribution in [3.8, 4) is 0 Å². The Kier molecular flexibility index (Phi) is 6.99. The van der Waals surface area contributed by atoms with Gasteiger partial charge in [-0.1, -0.05) is 45.4 Å². The minimum atomic E-state index is -0.564. The zero-order valence-electron chi connectivity index (χ0n) is 18.4. The van der Waals surface area contributed by atoms with Crippen LogP contribution >= 0.6 is 0 Å². The van der Waals surface area contributed by atoms with E-state index in [9.17, 15) is 14.4 Å². The summed E-state index contributed by atoms with van der Waals surface area (Å²) in [7, 11) is 0. The molecule has 8 nitrogen and oxygen atoms in total. The molecule has 0 amide bonds. The molecule has 0 fully saturated rings. The maximum Gasteiger partial charge on any atom is 0.330 e. The third kappa shape index (κ3) is 4.90. The van der Waals surface area contributed by atoms with Gasteiger partial charge < -0.3 is 15.6 Å². The smallest absolute Gasteiger partial charge is 0.330 e. The van der Waals surface area contributed by atoms with Crippen molar-refractivity contribution >= 4 is 28.2 Å². The van der Waals surface area contributed by atoms with Gasteiger partial charge in [-0.2, -0.15) is 0 Å². The van der Waals surface area contributed by atoms with Crippen LogP contribution in [0, 0.1) is 5.92 Å². The normalized spacial score (nSPS) is 11.4. The number of carbonyl (C=O) groups is 1. The number of rotatable bonds is 10. The molecular formula is C23H31N5O3. The van der Waals surface area contributed by atoms with Crippen LogP contribution in [0.2, 0.25) is 0 Å². The third-order valence-electron chi connectivity index (χ3n) is 5.47. The minimum absolute atomic E-state index is 0.00612. The lowest BCUT2D eigenvalue weighted by Gasteiger charge is -2.26. The summed E-state index contributed by atoms with van der Waals surface area (Å²) in [6.45, 7) is 7.06. The van der Waals surface area contributed by atoms with Gasteiger partial charge in [-0.3, -0.25) is 19.1 Å². The summed E-state index contributed by atoms with van der Waals surface area (Å²) < 4.78 is 1.39. The van der Waals surface area contributed by atoms with Gasteiger partial charge in [0.2, 0.25) is 0 Å². The molecule has 0 spiro atoms. The number of nitrogen functional groups attached to an aromatic ring is 1. The fourth-order valence-electron chi connectivity index (χ4n) is 3.67. The number of carbonyl (C=O) groups excluding carboxylic acids is 1. The number of aromatic amines is 2. The average molecular weight is 426 g/mol. The largest absolute Gasteiger partial charge is 0.383 e. The Labute approximate surface area is 181 Å². The minimum Gasteiger partial charge on any atom is -0.383 e. The number of nitrogens with zero attached hydrogens (tertiary/aromatic N) is 2. The molecular weight excluding hydrogens is 394 g/mol. The first-order valence-electron chi connectivity index (χ1n) is 10.8. The highest BCUT2D eigenvalue weighted by molar-refractivity contribution is 6.09. The van der Waals surface area contributed by atoms with E-state index >= 15 is 0 Å². The van der Waals surface area contributed by atoms with E-state index in [0.29, 0.717) is 24.6 Å². The van der Waals surface area contributed by atoms with Crippen molar-refractivity contribution in [1.82, 2.24) is 14.5 Å². The van der Waals surface area contributed by atoms with Gasteiger partial charge in [-0.15, -0.1) is 0 Å². The molecule has 0 radical (unpaired) electrons. The van der Waals surface area contributed by atoms with E-state index in [1.54, 1.807) is 11.1 Å². The van der Waals surface area contributed by atoms with Crippen LogP contribution in [0.3, 0.4) is 0 Å². The topological polar surface area (TPSA) is 117 Å². The SMILES string of the molecule is CCCCn1c(N)c(N(CCC(C)C)CC(=O)c2c[nH]c3ccccc23)c(=O)[nH]c1=O. The van der Waals surface area contributed by atoms with E-state index in [1.165, 1.54) is 4.57 Å². The molecule has 0 saturated heterocycles. The molecule has 2 heterocycles. The van der Waals surface area contributed by atoms with Gasteiger partial charge in [-0.25, -0.2) is 4.79 Å². The summed E-state index contributed by atoms with van der Waals surface area (Å²) >= 11 is 0. The number of ketones is 1. The lowest BCUT2D eigenvalue weighted by molar-refractivity contribution is 0.1000. The highest BCUT2D eigenvalue weighted by atomic mass is 16.2. The Bertz CT molecular complexity index is 1170. The molecule has 1 aromatic carbocycles. The number of nitrogens with one attached hydrogen (secondary N) is 2. The standard InChI is InChI=1S/C23H31N5O3/c1-4-5-11-28-21(24)20(22(30)26-23(28)31)27(12-10-15(2)3)14-19(29)17-13-25-18-9-7-6-8-16(17)18/h6-9,13,15,25H,4-5,10-12,14,24H2,1-3H3,(H,26,30,31). The first-order valence-corrected chi connectivity index (χ1v) is 10.8. The summed E-state index contributed by atoms with van der Waals surface area (Å²) in [5.41, 5.74) is 6.85. The van der Waals surface area contributed by atoms with Gasteiger partial charge in [0.05, 0.1) is 6.54 Å². The number of hydrogen-bond acceptors (Lipinski definition) is 5. The second kappa shape index (κ2) is 9.68. The number of fused-ring (bicyclic) bond motifs is 1. The predicted octanol–water partition coefficient (Wildman–Crippen LogP) is 3.14. The van der Waals surface area contributed by atoms with Crippen molar-refractivity contribution in [2.45, 2.75) is 46.6 Å². The fraction of sp³-hybridized carbons (Fsp3) is 0.435. The van der Waals surface area contributed by atoms with Crippen LogP contribution in [0.15, 0.2) is 40.1 Å². The van der Waals surface area contributed by atoms with Crippen LogP contribution in [0.1, 0.15) is 50.4 Å². The van der Waals surface area contributed by atoms with Gasteiger partial charge >= 0.3 is 5.69 Å². The molecule has 8 heteroatoms. The highest BCUT2D eigenvalue weighted by Crippen LogP contribution is 2.22. The first kappa shape index (κ1) is 22.4. The van der Waals surface area contributed by atoms with Gasteiger partial charge in [0, 0.05) is 35.8 Å². The molecule has 0 aliphatic rings. The maximum absolute atomic E-state index is 13.2. The number of benzene rings is 1.